The van der Waals surface area contributed by atoms with Crippen molar-refractivity contribution in [2.75, 3.05) is 18.0 Å². The van der Waals surface area contributed by atoms with Crippen molar-refractivity contribution in [2.45, 2.75) is 45.6 Å². The highest BCUT2D eigenvalue weighted by Crippen LogP contribution is 2.25. The molecule has 1 aromatic heterocycles. The highest BCUT2D eigenvalue weighted by Gasteiger charge is 2.25. The summed E-state index contributed by atoms with van der Waals surface area (Å²) in [6.07, 6.45) is 5.65. The third-order valence-corrected chi connectivity index (χ3v) is 3.59. The van der Waals surface area contributed by atoms with E-state index in [1.54, 1.807) is 6.20 Å². The third kappa shape index (κ3) is 5.16. The Morgan fingerprint density at radius 3 is 2.62 bits per heavy atom. The molecule has 1 aromatic rings. The van der Waals surface area contributed by atoms with Crippen LogP contribution in [-0.4, -0.2) is 34.6 Å². The zero-order chi connectivity index (χ0) is 15.5. The van der Waals surface area contributed by atoms with Gasteiger partial charge in [0.1, 0.15) is 16.6 Å². The SMILES string of the molecule is CC(C)(C)OC(=O)CC1CCN(c2cncc(Cl)n2)CC1. The Morgan fingerprint density at radius 1 is 1.38 bits per heavy atom. The molecule has 21 heavy (non-hydrogen) atoms. The fraction of sp³-hybridized carbons (Fsp3) is 0.667. The molecule has 6 heteroatoms. The molecule has 0 radical (unpaired) electrons. The maximum absolute atomic E-state index is 11.8. The number of carbonyl (C=O) groups excluding carboxylic acids is 1. The summed E-state index contributed by atoms with van der Waals surface area (Å²) < 4.78 is 5.38. The van der Waals surface area contributed by atoms with Gasteiger partial charge in [0.15, 0.2) is 0 Å². The van der Waals surface area contributed by atoms with Gasteiger partial charge in [-0.1, -0.05) is 11.6 Å². The van der Waals surface area contributed by atoms with Gasteiger partial charge in [-0.05, 0) is 39.5 Å². The number of halogens is 1. The maximum atomic E-state index is 11.8. The Bertz CT molecular complexity index is 494. The minimum atomic E-state index is -0.409. The summed E-state index contributed by atoms with van der Waals surface area (Å²) in [7, 11) is 0. The van der Waals surface area contributed by atoms with Crippen LogP contribution in [0.3, 0.4) is 0 Å². The zero-order valence-electron chi connectivity index (χ0n) is 12.8. The van der Waals surface area contributed by atoms with Gasteiger partial charge in [-0.15, -0.1) is 0 Å². The van der Waals surface area contributed by atoms with Gasteiger partial charge in [-0.2, -0.15) is 0 Å². The molecule has 0 spiro atoms. The molecule has 0 atom stereocenters. The molecule has 2 rings (SSSR count). The fourth-order valence-corrected chi connectivity index (χ4v) is 2.61. The van der Waals surface area contributed by atoms with E-state index < -0.39 is 5.60 Å². The van der Waals surface area contributed by atoms with Crippen LogP contribution in [0.2, 0.25) is 5.15 Å². The van der Waals surface area contributed by atoms with Crippen molar-refractivity contribution in [1.29, 1.82) is 0 Å². The summed E-state index contributed by atoms with van der Waals surface area (Å²) in [5.41, 5.74) is -0.409. The van der Waals surface area contributed by atoms with E-state index in [4.69, 9.17) is 16.3 Å². The van der Waals surface area contributed by atoms with Crippen molar-refractivity contribution in [1.82, 2.24) is 9.97 Å². The molecule has 0 saturated carbocycles. The van der Waals surface area contributed by atoms with Gasteiger partial charge in [-0.25, -0.2) is 4.98 Å². The van der Waals surface area contributed by atoms with Crippen molar-refractivity contribution in [3.05, 3.63) is 17.5 Å². The molecule has 2 heterocycles. The number of aromatic nitrogens is 2. The maximum Gasteiger partial charge on any atom is 0.306 e. The van der Waals surface area contributed by atoms with Crippen LogP contribution in [0, 0.1) is 5.92 Å². The summed E-state index contributed by atoms with van der Waals surface area (Å²) >= 11 is 5.86. The van der Waals surface area contributed by atoms with Crippen molar-refractivity contribution < 1.29 is 9.53 Å². The van der Waals surface area contributed by atoms with Crippen molar-refractivity contribution in [2.24, 2.45) is 5.92 Å². The van der Waals surface area contributed by atoms with E-state index in [1.165, 1.54) is 6.20 Å². The number of nitrogens with zero attached hydrogens (tertiary/aromatic N) is 3. The van der Waals surface area contributed by atoms with Crippen LogP contribution in [-0.2, 0) is 9.53 Å². The first-order valence-electron chi connectivity index (χ1n) is 7.28. The van der Waals surface area contributed by atoms with Gasteiger partial charge in [0, 0.05) is 19.5 Å². The van der Waals surface area contributed by atoms with Crippen LogP contribution in [0.1, 0.15) is 40.0 Å². The number of ether oxygens (including phenoxy) is 1. The van der Waals surface area contributed by atoms with E-state index in [2.05, 4.69) is 14.9 Å². The highest BCUT2D eigenvalue weighted by atomic mass is 35.5. The predicted molar refractivity (Wildman–Crippen MR) is 82.4 cm³/mol. The Labute approximate surface area is 130 Å². The van der Waals surface area contributed by atoms with Gasteiger partial charge in [0.05, 0.1) is 12.4 Å². The molecule has 5 nitrogen and oxygen atoms in total. The third-order valence-electron chi connectivity index (χ3n) is 3.41. The van der Waals surface area contributed by atoms with Crippen LogP contribution in [0.5, 0.6) is 0 Å². The summed E-state index contributed by atoms with van der Waals surface area (Å²) in [6, 6.07) is 0. The Morgan fingerprint density at radius 2 is 2.05 bits per heavy atom. The zero-order valence-corrected chi connectivity index (χ0v) is 13.6. The second kappa shape index (κ2) is 6.60. The van der Waals surface area contributed by atoms with Crippen LogP contribution in [0.15, 0.2) is 12.4 Å². The summed E-state index contributed by atoms with van der Waals surface area (Å²) in [6.45, 7) is 7.41. The highest BCUT2D eigenvalue weighted by molar-refractivity contribution is 6.29. The molecule has 0 bridgehead atoms. The second-order valence-corrected chi connectivity index (χ2v) is 6.81. The lowest BCUT2D eigenvalue weighted by molar-refractivity contribution is -0.156. The lowest BCUT2D eigenvalue weighted by atomic mass is 9.93. The second-order valence-electron chi connectivity index (χ2n) is 6.42. The minimum Gasteiger partial charge on any atom is -0.460 e. The Balaban J connectivity index is 1.82. The summed E-state index contributed by atoms with van der Waals surface area (Å²) in [4.78, 5) is 22.3. The topological polar surface area (TPSA) is 55.3 Å². The average Bonchev–Trinajstić information content (AvgIpc) is 2.37. The first-order chi connectivity index (χ1) is 9.83. The van der Waals surface area contributed by atoms with Gasteiger partial charge >= 0.3 is 5.97 Å². The number of rotatable bonds is 3. The number of esters is 1. The standard InChI is InChI=1S/C15H22ClN3O2/c1-15(2,3)21-14(20)8-11-4-6-19(7-5-11)13-10-17-9-12(16)18-13/h9-11H,4-8H2,1-3H3. The molecular formula is C15H22ClN3O2. The predicted octanol–water partition coefficient (Wildman–Crippen LogP) is 3.08. The van der Waals surface area contributed by atoms with Crippen molar-refractivity contribution >= 4 is 23.4 Å². The number of piperidine rings is 1. The molecule has 1 saturated heterocycles. The molecule has 1 aliphatic heterocycles. The molecule has 0 N–H and O–H groups in total. The van der Waals surface area contributed by atoms with Crippen LogP contribution < -0.4 is 4.90 Å². The largest absolute Gasteiger partial charge is 0.460 e. The molecular weight excluding hydrogens is 290 g/mol. The van der Waals surface area contributed by atoms with Gasteiger partial charge in [-0.3, -0.25) is 9.78 Å². The van der Waals surface area contributed by atoms with E-state index in [0.717, 1.165) is 31.7 Å². The lowest BCUT2D eigenvalue weighted by Crippen LogP contribution is -2.35. The van der Waals surface area contributed by atoms with Crippen molar-refractivity contribution in [3.63, 3.8) is 0 Å². The van der Waals surface area contributed by atoms with Crippen LogP contribution >= 0.6 is 11.6 Å². The summed E-state index contributed by atoms with van der Waals surface area (Å²) in [5, 5.41) is 0.406. The first-order valence-corrected chi connectivity index (χ1v) is 7.65. The quantitative estimate of drug-likeness (QED) is 0.803. The fourth-order valence-electron chi connectivity index (χ4n) is 2.47. The monoisotopic (exact) mass is 311 g/mol. The molecule has 0 unspecified atom stereocenters. The molecule has 0 aliphatic carbocycles. The number of carbonyl (C=O) groups is 1. The Hall–Kier alpha value is -1.36. The number of hydrogen-bond donors (Lipinski definition) is 0. The molecule has 0 aromatic carbocycles. The van der Waals surface area contributed by atoms with E-state index in [-0.39, 0.29) is 5.97 Å². The number of hydrogen-bond acceptors (Lipinski definition) is 5. The Kier molecular flexibility index (Phi) is 5.04. The minimum absolute atomic E-state index is 0.108. The molecule has 0 amide bonds. The van der Waals surface area contributed by atoms with E-state index in [0.29, 0.717) is 17.5 Å². The number of anilines is 1. The van der Waals surface area contributed by atoms with Gasteiger partial charge in [0.25, 0.3) is 0 Å². The van der Waals surface area contributed by atoms with Crippen LogP contribution in [0.4, 0.5) is 5.82 Å². The van der Waals surface area contributed by atoms with Gasteiger partial charge in [0.2, 0.25) is 0 Å². The van der Waals surface area contributed by atoms with E-state index in [9.17, 15) is 4.79 Å². The smallest absolute Gasteiger partial charge is 0.306 e. The average molecular weight is 312 g/mol. The first kappa shape index (κ1) is 16.0. The molecule has 116 valence electrons. The summed E-state index contributed by atoms with van der Waals surface area (Å²) in [5.74, 6) is 1.07. The van der Waals surface area contributed by atoms with E-state index in [1.807, 2.05) is 20.8 Å². The molecule has 1 aliphatic rings. The van der Waals surface area contributed by atoms with Crippen LogP contribution in [0.25, 0.3) is 0 Å². The van der Waals surface area contributed by atoms with Crippen molar-refractivity contribution in [3.8, 4) is 0 Å². The normalized spacial score (nSPS) is 16.9. The lowest BCUT2D eigenvalue weighted by Gasteiger charge is -2.32. The van der Waals surface area contributed by atoms with Gasteiger partial charge < -0.3 is 9.64 Å². The molecule has 1 fully saturated rings. The van der Waals surface area contributed by atoms with E-state index >= 15 is 0 Å².